The van der Waals surface area contributed by atoms with Gasteiger partial charge in [0.15, 0.2) is 11.7 Å². The van der Waals surface area contributed by atoms with Gasteiger partial charge in [-0.15, -0.1) is 0 Å². The molecule has 1 fully saturated rings. The number of rotatable bonds is 2. The number of hydrogen-bond donors (Lipinski definition) is 2. The molecule has 0 saturated carbocycles. The summed E-state index contributed by atoms with van der Waals surface area (Å²) in [4.78, 5) is 17.2. The molecule has 7 heteroatoms. The zero-order chi connectivity index (χ0) is 13.1. The fourth-order valence-electron chi connectivity index (χ4n) is 2.09. The summed E-state index contributed by atoms with van der Waals surface area (Å²) in [5, 5.41) is 11.6. The van der Waals surface area contributed by atoms with E-state index in [2.05, 4.69) is 10.1 Å². The van der Waals surface area contributed by atoms with E-state index in [-0.39, 0.29) is 11.4 Å². The Bertz CT molecular complexity index is 492. The van der Waals surface area contributed by atoms with E-state index >= 15 is 0 Å². The van der Waals surface area contributed by atoms with Crippen molar-refractivity contribution < 1.29 is 14.4 Å². The largest absolute Gasteiger partial charge is 0.409 e. The van der Waals surface area contributed by atoms with Crippen molar-refractivity contribution in [1.29, 1.82) is 0 Å². The number of amides is 1. The molecular formula is C11H13FN4O2. The van der Waals surface area contributed by atoms with E-state index in [0.717, 1.165) is 12.6 Å². The van der Waals surface area contributed by atoms with E-state index in [1.165, 1.54) is 17.2 Å². The van der Waals surface area contributed by atoms with Crippen molar-refractivity contribution in [2.45, 2.75) is 18.9 Å². The Balaban J connectivity index is 2.26. The fraction of sp³-hybridized carbons (Fsp3) is 0.364. The van der Waals surface area contributed by atoms with Crippen LogP contribution in [0.3, 0.4) is 0 Å². The SMILES string of the molecule is NC(=NO)C1CCCN1C(=O)c1ccncc1F. The van der Waals surface area contributed by atoms with Crippen molar-refractivity contribution in [2.24, 2.45) is 10.9 Å². The maximum atomic E-state index is 13.5. The van der Waals surface area contributed by atoms with Crippen molar-refractivity contribution in [3.63, 3.8) is 0 Å². The Morgan fingerprint density at radius 1 is 1.67 bits per heavy atom. The van der Waals surface area contributed by atoms with E-state index in [4.69, 9.17) is 10.9 Å². The van der Waals surface area contributed by atoms with Crippen molar-refractivity contribution in [2.75, 3.05) is 6.54 Å². The number of oxime groups is 1. The first-order valence-electron chi connectivity index (χ1n) is 5.53. The van der Waals surface area contributed by atoms with Crippen LogP contribution in [0.4, 0.5) is 4.39 Å². The minimum Gasteiger partial charge on any atom is -0.409 e. The molecule has 3 N–H and O–H groups in total. The quantitative estimate of drug-likeness (QED) is 0.348. The summed E-state index contributed by atoms with van der Waals surface area (Å²) in [5.74, 6) is -1.17. The minimum atomic E-state index is -0.673. The van der Waals surface area contributed by atoms with Gasteiger partial charge in [0, 0.05) is 12.7 Å². The Kier molecular flexibility index (Phi) is 3.40. The highest BCUT2D eigenvalue weighted by Gasteiger charge is 2.33. The molecule has 2 heterocycles. The second-order valence-electron chi connectivity index (χ2n) is 4.04. The van der Waals surface area contributed by atoms with Gasteiger partial charge in [-0.1, -0.05) is 5.16 Å². The molecule has 2 rings (SSSR count). The van der Waals surface area contributed by atoms with Gasteiger partial charge in [-0.2, -0.15) is 0 Å². The molecule has 1 aliphatic rings. The lowest BCUT2D eigenvalue weighted by Crippen LogP contribution is -2.44. The molecule has 18 heavy (non-hydrogen) atoms. The second kappa shape index (κ2) is 4.99. The molecule has 0 aromatic carbocycles. The van der Waals surface area contributed by atoms with Gasteiger partial charge in [0.1, 0.15) is 0 Å². The number of pyridine rings is 1. The smallest absolute Gasteiger partial charge is 0.257 e. The number of nitrogens with zero attached hydrogens (tertiary/aromatic N) is 3. The third-order valence-electron chi connectivity index (χ3n) is 2.97. The summed E-state index contributed by atoms with van der Waals surface area (Å²) in [5.41, 5.74) is 5.47. The first-order chi connectivity index (χ1) is 8.65. The molecule has 6 nitrogen and oxygen atoms in total. The van der Waals surface area contributed by atoms with Gasteiger partial charge in [-0.05, 0) is 18.9 Å². The molecule has 96 valence electrons. The molecule has 1 atom stereocenters. The van der Waals surface area contributed by atoms with E-state index in [0.29, 0.717) is 13.0 Å². The van der Waals surface area contributed by atoms with Crippen LogP contribution in [0.2, 0.25) is 0 Å². The molecule has 1 aliphatic heterocycles. The number of carbonyl (C=O) groups is 1. The van der Waals surface area contributed by atoms with Gasteiger partial charge in [-0.3, -0.25) is 9.78 Å². The standard InChI is InChI=1S/C11H13FN4O2/c12-8-6-14-4-3-7(8)11(17)16-5-1-2-9(16)10(13)15-18/h3-4,6,9,18H,1-2,5H2,(H2,13,15). The van der Waals surface area contributed by atoms with Crippen LogP contribution in [-0.4, -0.2) is 39.4 Å². The van der Waals surface area contributed by atoms with Crippen molar-refractivity contribution in [3.05, 3.63) is 29.8 Å². The van der Waals surface area contributed by atoms with Gasteiger partial charge in [0.2, 0.25) is 0 Å². The number of nitrogens with two attached hydrogens (primary N) is 1. The third kappa shape index (κ3) is 2.11. The molecule has 1 unspecified atom stereocenters. The predicted octanol–water partition coefficient (Wildman–Crippen LogP) is 0.572. The third-order valence-corrected chi connectivity index (χ3v) is 2.97. The Morgan fingerprint density at radius 3 is 3.11 bits per heavy atom. The van der Waals surface area contributed by atoms with E-state index < -0.39 is 17.8 Å². The summed E-state index contributed by atoms with van der Waals surface area (Å²) >= 11 is 0. The summed E-state index contributed by atoms with van der Waals surface area (Å²) in [6.45, 7) is 0.460. The van der Waals surface area contributed by atoms with Crippen molar-refractivity contribution in [1.82, 2.24) is 9.88 Å². The molecule has 1 aromatic rings. The molecule has 0 bridgehead atoms. The van der Waals surface area contributed by atoms with E-state index in [1.54, 1.807) is 0 Å². The predicted molar refractivity (Wildman–Crippen MR) is 61.7 cm³/mol. The average molecular weight is 252 g/mol. The number of aromatic nitrogens is 1. The van der Waals surface area contributed by atoms with Crippen LogP contribution in [0, 0.1) is 5.82 Å². The Labute approximate surface area is 103 Å². The highest BCUT2D eigenvalue weighted by atomic mass is 19.1. The molecule has 0 radical (unpaired) electrons. The lowest BCUT2D eigenvalue weighted by Gasteiger charge is -2.23. The highest BCUT2D eigenvalue weighted by Crippen LogP contribution is 2.21. The normalized spacial score (nSPS) is 20.2. The fourth-order valence-corrected chi connectivity index (χ4v) is 2.09. The van der Waals surface area contributed by atoms with Gasteiger partial charge >= 0.3 is 0 Å². The first-order valence-corrected chi connectivity index (χ1v) is 5.53. The lowest BCUT2D eigenvalue weighted by molar-refractivity contribution is 0.0763. The minimum absolute atomic E-state index is 0.0321. The van der Waals surface area contributed by atoms with Gasteiger partial charge in [0.05, 0.1) is 17.8 Å². The number of halogens is 1. The highest BCUT2D eigenvalue weighted by molar-refractivity contribution is 5.98. The molecule has 1 aromatic heterocycles. The number of amidine groups is 1. The van der Waals surface area contributed by atoms with Crippen LogP contribution >= 0.6 is 0 Å². The topological polar surface area (TPSA) is 91.8 Å². The maximum absolute atomic E-state index is 13.5. The van der Waals surface area contributed by atoms with Crippen LogP contribution < -0.4 is 5.73 Å². The van der Waals surface area contributed by atoms with Crippen LogP contribution in [0.1, 0.15) is 23.2 Å². The van der Waals surface area contributed by atoms with Gasteiger partial charge in [-0.25, -0.2) is 4.39 Å². The molecule has 0 aliphatic carbocycles. The Morgan fingerprint density at radius 2 is 2.44 bits per heavy atom. The zero-order valence-electron chi connectivity index (χ0n) is 9.58. The monoisotopic (exact) mass is 252 g/mol. The van der Waals surface area contributed by atoms with Gasteiger partial charge < -0.3 is 15.8 Å². The zero-order valence-corrected chi connectivity index (χ0v) is 9.58. The Hall–Kier alpha value is -2.18. The van der Waals surface area contributed by atoms with Crippen LogP contribution in [0.5, 0.6) is 0 Å². The summed E-state index contributed by atoms with van der Waals surface area (Å²) in [6, 6.07) is 0.842. The first kappa shape index (κ1) is 12.3. The van der Waals surface area contributed by atoms with Crippen molar-refractivity contribution >= 4 is 11.7 Å². The lowest BCUT2D eigenvalue weighted by atomic mass is 10.1. The molecule has 1 amide bonds. The van der Waals surface area contributed by atoms with Crippen LogP contribution in [0.25, 0.3) is 0 Å². The molecule has 0 spiro atoms. The average Bonchev–Trinajstić information content (AvgIpc) is 2.86. The second-order valence-corrected chi connectivity index (χ2v) is 4.04. The maximum Gasteiger partial charge on any atom is 0.257 e. The van der Waals surface area contributed by atoms with E-state index in [1.807, 2.05) is 0 Å². The van der Waals surface area contributed by atoms with Crippen molar-refractivity contribution in [3.8, 4) is 0 Å². The summed E-state index contributed by atoms with van der Waals surface area (Å²) < 4.78 is 13.5. The van der Waals surface area contributed by atoms with Crippen LogP contribution in [-0.2, 0) is 0 Å². The number of hydrogen-bond acceptors (Lipinski definition) is 4. The van der Waals surface area contributed by atoms with Gasteiger partial charge in [0.25, 0.3) is 5.91 Å². The molecule has 1 saturated heterocycles. The summed E-state index contributed by atoms with van der Waals surface area (Å²) in [7, 11) is 0. The summed E-state index contributed by atoms with van der Waals surface area (Å²) in [6.07, 6.45) is 3.68. The number of carbonyl (C=O) groups excluding carboxylic acids is 1. The van der Waals surface area contributed by atoms with Crippen LogP contribution in [0.15, 0.2) is 23.6 Å². The molecular weight excluding hydrogens is 239 g/mol. The number of likely N-dealkylation sites (tertiary alicyclic amines) is 1. The van der Waals surface area contributed by atoms with E-state index in [9.17, 15) is 9.18 Å².